The van der Waals surface area contributed by atoms with Crippen molar-refractivity contribution in [2.45, 2.75) is 51.9 Å². The molecule has 0 radical (unpaired) electrons. The molecule has 0 saturated carbocycles. The van der Waals surface area contributed by atoms with Crippen LogP contribution in [-0.4, -0.2) is 66.8 Å². The van der Waals surface area contributed by atoms with E-state index in [-0.39, 0.29) is 0 Å². The lowest BCUT2D eigenvalue weighted by Gasteiger charge is -2.36. The van der Waals surface area contributed by atoms with Crippen LogP contribution in [0, 0.1) is 6.92 Å². The van der Waals surface area contributed by atoms with Crippen molar-refractivity contribution in [3.8, 4) is 6.01 Å². The van der Waals surface area contributed by atoms with Crippen molar-refractivity contribution in [1.29, 1.82) is 0 Å². The summed E-state index contributed by atoms with van der Waals surface area (Å²) >= 11 is 0. The summed E-state index contributed by atoms with van der Waals surface area (Å²) in [7, 11) is 2.18. The Morgan fingerprint density at radius 2 is 1.94 bits per heavy atom. The predicted octanol–water partition coefficient (Wildman–Crippen LogP) is 3.73. The Hall–Kier alpha value is -2.90. The number of hydrogen-bond donors (Lipinski definition) is 1. The van der Waals surface area contributed by atoms with Gasteiger partial charge in [-0.1, -0.05) is 30.3 Å². The molecule has 0 amide bonds. The van der Waals surface area contributed by atoms with Crippen molar-refractivity contribution >= 4 is 22.3 Å². The zero-order chi connectivity index (χ0) is 23.9. The molecule has 3 aromatic rings. The first kappa shape index (κ1) is 22.6. The fourth-order valence-electron chi connectivity index (χ4n) is 5.97. The third kappa shape index (κ3) is 4.21. The topological polar surface area (TPSA) is 56.8 Å². The van der Waals surface area contributed by atoms with Crippen molar-refractivity contribution in [2.75, 3.05) is 49.6 Å². The van der Waals surface area contributed by atoms with Gasteiger partial charge in [0.05, 0.1) is 12.2 Å². The Balaban J connectivity index is 1.35. The molecule has 184 valence electrons. The molecule has 3 aliphatic rings. The second-order valence-corrected chi connectivity index (χ2v) is 10.4. The van der Waals surface area contributed by atoms with Gasteiger partial charge in [-0.2, -0.15) is 9.97 Å². The number of aromatic nitrogens is 2. The number of benzene rings is 2. The molecule has 3 aliphatic heterocycles. The second-order valence-electron chi connectivity index (χ2n) is 10.4. The van der Waals surface area contributed by atoms with Crippen LogP contribution in [0.1, 0.15) is 36.6 Å². The minimum Gasteiger partial charge on any atom is -0.462 e. The zero-order valence-electron chi connectivity index (χ0n) is 21.1. The smallest absolute Gasteiger partial charge is 0.318 e. The number of fused-ring (bicyclic) bond motifs is 2. The molecular weight excluding hydrogens is 436 g/mol. The van der Waals surface area contributed by atoms with Gasteiger partial charge in [-0.05, 0) is 57.3 Å². The Bertz CT molecular complexity index is 1220. The Labute approximate surface area is 208 Å². The van der Waals surface area contributed by atoms with Gasteiger partial charge in [0.25, 0.3) is 0 Å². The molecule has 6 rings (SSSR count). The molecule has 0 bridgehead atoms. The summed E-state index contributed by atoms with van der Waals surface area (Å²) in [5.41, 5.74) is 4.92. The molecule has 35 heavy (non-hydrogen) atoms. The number of nitrogens with zero attached hydrogens (tertiary/aromatic N) is 5. The number of aryl methyl sites for hydroxylation is 1. The summed E-state index contributed by atoms with van der Waals surface area (Å²) in [6, 6.07) is 14.5. The third-order valence-electron chi connectivity index (χ3n) is 8.02. The van der Waals surface area contributed by atoms with Crippen LogP contribution in [0.25, 0.3) is 10.8 Å². The van der Waals surface area contributed by atoms with Gasteiger partial charge in [0.1, 0.15) is 12.4 Å². The van der Waals surface area contributed by atoms with E-state index in [1.165, 1.54) is 40.4 Å². The molecule has 0 aliphatic carbocycles. The molecular formula is C28H36N6O. The van der Waals surface area contributed by atoms with Crippen molar-refractivity contribution in [2.24, 2.45) is 0 Å². The summed E-state index contributed by atoms with van der Waals surface area (Å²) in [6.45, 7) is 10.7. The molecule has 1 N–H and O–H groups in total. The fraction of sp³-hybridized carbons (Fsp3) is 0.500. The number of nitrogens with one attached hydrogen (secondary N) is 1. The highest BCUT2D eigenvalue weighted by atomic mass is 16.5. The van der Waals surface area contributed by atoms with Gasteiger partial charge in [-0.3, -0.25) is 0 Å². The quantitative estimate of drug-likeness (QED) is 0.607. The van der Waals surface area contributed by atoms with Crippen LogP contribution in [0.3, 0.4) is 0 Å². The van der Waals surface area contributed by atoms with E-state index in [0.29, 0.717) is 24.7 Å². The first-order valence-electron chi connectivity index (χ1n) is 13.0. The second kappa shape index (κ2) is 9.28. The van der Waals surface area contributed by atoms with E-state index < -0.39 is 0 Å². The average Bonchev–Trinajstić information content (AvgIpc) is 3.48. The van der Waals surface area contributed by atoms with E-state index in [1.807, 2.05) is 0 Å². The Morgan fingerprint density at radius 1 is 1.09 bits per heavy atom. The van der Waals surface area contributed by atoms with Crippen LogP contribution in [0.15, 0.2) is 36.4 Å². The van der Waals surface area contributed by atoms with Crippen LogP contribution in [0.2, 0.25) is 0 Å². The van der Waals surface area contributed by atoms with E-state index in [1.54, 1.807) is 0 Å². The normalized spacial score (nSPS) is 22.7. The van der Waals surface area contributed by atoms with E-state index in [9.17, 15) is 0 Å². The zero-order valence-corrected chi connectivity index (χ0v) is 21.1. The molecule has 4 heterocycles. The Morgan fingerprint density at radius 3 is 2.74 bits per heavy atom. The number of rotatable bonds is 5. The lowest BCUT2D eigenvalue weighted by atomic mass is 10.0. The first-order chi connectivity index (χ1) is 17.1. The molecule has 0 spiro atoms. The van der Waals surface area contributed by atoms with Crippen molar-refractivity contribution in [3.63, 3.8) is 0 Å². The maximum atomic E-state index is 6.26. The van der Waals surface area contributed by atoms with Gasteiger partial charge >= 0.3 is 6.01 Å². The summed E-state index contributed by atoms with van der Waals surface area (Å²) in [4.78, 5) is 17.3. The summed E-state index contributed by atoms with van der Waals surface area (Å²) in [5.74, 6) is 1.05. The number of likely N-dealkylation sites (tertiary alicyclic amines) is 1. The average molecular weight is 473 g/mol. The molecule has 1 aromatic heterocycles. The number of piperazine rings is 1. The molecule has 0 unspecified atom stereocenters. The maximum absolute atomic E-state index is 6.26. The number of anilines is 2. The summed E-state index contributed by atoms with van der Waals surface area (Å²) in [5, 5.41) is 6.12. The van der Waals surface area contributed by atoms with Gasteiger partial charge < -0.3 is 24.8 Å². The number of ether oxygens (including phenoxy) is 1. The van der Waals surface area contributed by atoms with E-state index in [0.717, 1.165) is 50.8 Å². The van der Waals surface area contributed by atoms with Crippen LogP contribution >= 0.6 is 0 Å². The summed E-state index contributed by atoms with van der Waals surface area (Å²) in [6.07, 6.45) is 2.41. The minimum atomic E-state index is 0.380. The van der Waals surface area contributed by atoms with Gasteiger partial charge in [0.15, 0.2) is 0 Å². The van der Waals surface area contributed by atoms with Gasteiger partial charge in [0, 0.05) is 54.9 Å². The highest BCUT2D eigenvalue weighted by molar-refractivity contribution is 5.97. The predicted molar refractivity (Wildman–Crippen MR) is 141 cm³/mol. The number of hydrogen-bond acceptors (Lipinski definition) is 7. The SMILES string of the molecule is Cc1cccc2cccc(N3Cc4nc(OC[C@@H]5CCCN5C)nc(N5CCNC[C@@H]5C)c4C3)c12. The van der Waals surface area contributed by atoms with Crippen molar-refractivity contribution in [3.05, 3.63) is 53.2 Å². The first-order valence-corrected chi connectivity index (χ1v) is 13.0. The van der Waals surface area contributed by atoms with Crippen molar-refractivity contribution in [1.82, 2.24) is 20.2 Å². The fourth-order valence-corrected chi connectivity index (χ4v) is 5.97. The van der Waals surface area contributed by atoms with Crippen molar-refractivity contribution < 1.29 is 4.74 Å². The van der Waals surface area contributed by atoms with E-state index in [2.05, 4.69) is 77.3 Å². The van der Waals surface area contributed by atoms with Gasteiger partial charge in [-0.15, -0.1) is 0 Å². The minimum absolute atomic E-state index is 0.380. The lowest BCUT2D eigenvalue weighted by Crippen LogP contribution is -2.50. The highest BCUT2D eigenvalue weighted by Crippen LogP contribution is 2.38. The molecule has 2 atom stereocenters. The van der Waals surface area contributed by atoms with Crippen LogP contribution in [-0.2, 0) is 13.1 Å². The Kier molecular flexibility index (Phi) is 5.98. The molecule has 2 fully saturated rings. The largest absolute Gasteiger partial charge is 0.462 e. The molecule has 7 nitrogen and oxygen atoms in total. The van der Waals surface area contributed by atoms with Crippen LogP contribution in [0.4, 0.5) is 11.5 Å². The molecule has 2 saturated heterocycles. The standard InChI is InChI=1S/C28H36N6O/c1-19-7-4-8-21-9-5-11-25(26(19)21)33-16-23-24(17-33)30-28(35-18-22-10-6-13-32(22)3)31-27(23)34-14-12-29-15-20(34)2/h4-5,7-9,11,20,22,29H,6,10,12-18H2,1-3H3/t20-,22-/m0/s1. The van der Waals surface area contributed by atoms with Gasteiger partial charge in [0.2, 0.25) is 0 Å². The van der Waals surface area contributed by atoms with Crippen LogP contribution < -0.4 is 19.9 Å². The lowest BCUT2D eigenvalue weighted by molar-refractivity contribution is 0.187. The molecule has 7 heteroatoms. The van der Waals surface area contributed by atoms with E-state index >= 15 is 0 Å². The van der Waals surface area contributed by atoms with Gasteiger partial charge in [-0.25, -0.2) is 0 Å². The third-order valence-corrected chi connectivity index (χ3v) is 8.02. The summed E-state index contributed by atoms with van der Waals surface area (Å²) < 4.78 is 6.26. The van der Waals surface area contributed by atoms with Crippen LogP contribution in [0.5, 0.6) is 6.01 Å². The monoisotopic (exact) mass is 472 g/mol. The maximum Gasteiger partial charge on any atom is 0.318 e. The number of likely N-dealkylation sites (N-methyl/N-ethyl adjacent to an activating group) is 1. The highest BCUT2D eigenvalue weighted by Gasteiger charge is 2.32. The molecule has 2 aromatic carbocycles. The van der Waals surface area contributed by atoms with E-state index in [4.69, 9.17) is 14.7 Å².